The number of ether oxygens (including phenoxy) is 5. The van der Waals surface area contributed by atoms with Crippen LogP contribution < -0.4 is 40.4 Å². The van der Waals surface area contributed by atoms with E-state index < -0.39 is 29.5 Å². The first-order valence-electron chi connectivity index (χ1n) is 44.0. The van der Waals surface area contributed by atoms with Gasteiger partial charge < -0.3 is 64.1 Å². The molecule has 10 aliphatic rings. The zero-order chi connectivity index (χ0) is 93.4. The summed E-state index contributed by atoms with van der Waals surface area (Å²) in [5, 5.41) is 16.7. The number of morpholine rings is 5. The predicted octanol–water partition coefficient (Wildman–Crippen LogP) is 21.7. The summed E-state index contributed by atoms with van der Waals surface area (Å²) in [6, 6.07) is 34.3. The van der Waals surface area contributed by atoms with Gasteiger partial charge in [0, 0.05) is 159 Å². The Bertz CT molecular complexity index is 6100. The van der Waals surface area contributed by atoms with Crippen LogP contribution in [0.3, 0.4) is 0 Å². The van der Waals surface area contributed by atoms with Gasteiger partial charge in [0.25, 0.3) is 11.8 Å². The van der Waals surface area contributed by atoms with Crippen molar-refractivity contribution < 1.29 is 66.0 Å². The second-order valence-corrected chi connectivity index (χ2v) is 40.8. The highest BCUT2D eigenvalue weighted by atomic mass is 35.5. The minimum atomic E-state index is -0.750. The SMILES string of the molecule is C=Cc1c(N2CCOCC2)sc2c1C(c1ccc(Cl)cc1)CNC2=O.CC(=O)[C@@H]1NC(=O)c2sc(N3CCOCC3)cc2[C@H]1c1ccc(Cl)c(Cl)c1.CCCNC(=O)[C@@H]1CC(=O)c2sc(N3CCOCC3)cc2[C@H]1c1ccc(Cl)cc1.[C-]#[N+]c1c(N2CCOCC2)sc2c1C(c1c(F)cc(Cl)cc1F)CCC2=O.[C-]#[N+]c1c(N2CCOCC2)sc2c1C(c1ccc(Cl)cc1)CCC2=O. The van der Waals surface area contributed by atoms with Gasteiger partial charge in [-0.05, 0) is 149 Å². The number of hydrogen-bond acceptors (Lipinski definition) is 22. The molecule has 10 aromatic rings. The zero-order valence-corrected chi connectivity index (χ0v) is 81.3. The number of nitrogens with one attached hydrogen (secondary N) is 3. The van der Waals surface area contributed by atoms with E-state index in [0.29, 0.717) is 155 Å². The van der Waals surface area contributed by atoms with Crippen molar-refractivity contribution >= 4 is 210 Å². The molecule has 0 bridgehead atoms. The third kappa shape index (κ3) is 21.2. The quantitative estimate of drug-likeness (QED) is 0.0811. The Balaban J connectivity index is 0.000000121. The van der Waals surface area contributed by atoms with E-state index >= 15 is 0 Å². The Labute approximate surface area is 819 Å². The van der Waals surface area contributed by atoms with Crippen LogP contribution in [0.15, 0.2) is 122 Å². The molecule has 20 rings (SSSR count). The molecule has 7 atom stereocenters. The smallest absolute Gasteiger partial charge is 0.262 e. The normalized spacial score (nSPS) is 20.9. The monoisotopic (exact) mass is 2010 g/mol. The summed E-state index contributed by atoms with van der Waals surface area (Å²) in [7, 11) is 0. The van der Waals surface area contributed by atoms with Crippen molar-refractivity contribution in [3.05, 3.63) is 272 Å². The number of ketones is 4. The molecule has 5 aromatic carbocycles. The van der Waals surface area contributed by atoms with Crippen LogP contribution in [0.1, 0.15) is 192 Å². The van der Waals surface area contributed by atoms with E-state index in [1.54, 1.807) is 34.8 Å². The highest BCUT2D eigenvalue weighted by Crippen LogP contribution is 2.56. The van der Waals surface area contributed by atoms with Crippen LogP contribution in [-0.2, 0) is 33.3 Å². The summed E-state index contributed by atoms with van der Waals surface area (Å²) in [5.41, 5.74) is 10.4. The fraction of sp³-hybridized carbons (Fsp3) is 0.378. The van der Waals surface area contributed by atoms with E-state index in [1.165, 1.54) is 40.9 Å². The first-order valence-corrected chi connectivity index (χ1v) is 50.4. The number of Topliss-reactive ketones (excluding diaryl/α,β-unsaturated/α-hetero) is 4. The molecule has 0 spiro atoms. The lowest BCUT2D eigenvalue weighted by Gasteiger charge is -2.31. The topological polar surface area (TPSA) is 227 Å². The number of nitrogens with zero attached hydrogens (tertiary/aromatic N) is 7. The molecule has 3 amide bonds. The highest BCUT2D eigenvalue weighted by molar-refractivity contribution is 7.20. The average molecular weight is 2010 g/mol. The second-order valence-electron chi connectivity index (χ2n) is 33.2. The molecule has 0 radical (unpaired) electrons. The fourth-order valence-electron chi connectivity index (χ4n) is 18.6. The van der Waals surface area contributed by atoms with Crippen LogP contribution in [-0.4, -0.2) is 192 Å². The molecule has 0 saturated carbocycles. The largest absolute Gasteiger partial charge is 0.378 e. The van der Waals surface area contributed by atoms with Crippen LogP contribution in [0.2, 0.25) is 30.1 Å². The van der Waals surface area contributed by atoms with Crippen molar-refractivity contribution in [2.75, 3.05) is 169 Å². The molecule has 3 aliphatic carbocycles. The van der Waals surface area contributed by atoms with Crippen LogP contribution in [0.25, 0.3) is 15.8 Å². The van der Waals surface area contributed by atoms with Crippen LogP contribution in [0.5, 0.6) is 0 Å². The van der Waals surface area contributed by atoms with Gasteiger partial charge in [0.15, 0.2) is 23.1 Å². The molecule has 3 unspecified atom stereocenters. The van der Waals surface area contributed by atoms with E-state index in [2.05, 4.69) is 57.9 Å². The first-order chi connectivity index (χ1) is 64.4. The van der Waals surface area contributed by atoms with Crippen molar-refractivity contribution in [1.82, 2.24) is 16.0 Å². The minimum absolute atomic E-state index is 0.00724. The number of halogens is 8. The summed E-state index contributed by atoms with van der Waals surface area (Å²) in [5.74, 6) is -3.02. The number of hydrogen-bond donors (Lipinski definition) is 3. The fourth-order valence-corrected chi connectivity index (χ4v) is 25.8. The molecule has 133 heavy (non-hydrogen) atoms. The van der Waals surface area contributed by atoms with Gasteiger partial charge in [-0.1, -0.05) is 132 Å². The Morgan fingerprint density at radius 2 is 0.917 bits per heavy atom. The lowest BCUT2D eigenvalue weighted by atomic mass is 9.73. The third-order valence-corrected chi connectivity index (χ3v) is 33.2. The second kappa shape index (κ2) is 43.9. The number of anilines is 5. The van der Waals surface area contributed by atoms with Crippen LogP contribution in [0.4, 0.5) is 45.2 Å². The van der Waals surface area contributed by atoms with E-state index in [9.17, 15) is 42.3 Å². The van der Waals surface area contributed by atoms with Crippen molar-refractivity contribution in [3.8, 4) is 0 Å². The van der Waals surface area contributed by atoms with Gasteiger partial charge in [0.2, 0.25) is 17.3 Å². The predicted molar refractivity (Wildman–Crippen MR) is 528 cm³/mol. The molecule has 694 valence electrons. The molecular formula is C98H94Cl6F2N10O12S5. The van der Waals surface area contributed by atoms with Gasteiger partial charge in [-0.25, -0.2) is 18.5 Å². The molecule has 3 N–H and O–H groups in total. The van der Waals surface area contributed by atoms with Gasteiger partial charge >= 0.3 is 0 Å². The number of benzene rings is 5. The Morgan fingerprint density at radius 1 is 0.481 bits per heavy atom. The summed E-state index contributed by atoms with van der Waals surface area (Å²) in [4.78, 5) is 110. The van der Waals surface area contributed by atoms with E-state index in [4.69, 9.17) is 106 Å². The molecule has 12 heterocycles. The summed E-state index contributed by atoms with van der Waals surface area (Å²) >= 11 is 43.5. The Morgan fingerprint density at radius 3 is 1.39 bits per heavy atom. The van der Waals surface area contributed by atoms with E-state index in [0.717, 1.165) is 162 Å². The molecule has 5 fully saturated rings. The van der Waals surface area contributed by atoms with Crippen molar-refractivity contribution in [2.24, 2.45) is 5.92 Å². The van der Waals surface area contributed by atoms with Gasteiger partial charge in [-0.15, -0.1) is 56.7 Å². The lowest BCUT2D eigenvalue weighted by molar-refractivity contribution is -0.125. The molecule has 5 saturated heterocycles. The van der Waals surface area contributed by atoms with E-state index in [-0.39, 0.29) is 94.4 Å². The van der Waals surface area contributed by atoms with Gasteiger partial charge in [0.1, 0.15) is 11.6 Å². The number of carbonyl (C=O) groups is 7. The van der Waals surface area contributed by atoms with Gasteiger partial charge in [0.05, 0.1) is 151 Å². The maximum Gasteiger partial charge on any atom is 0.262 e. The standard InChI is InChI=1S/C22H25ClN2O3S.C19H18Cl2N2O3S.C19H15ClF2N2O2S.C19H17ClN2O2S.C19H19ClN2O2S/c1-2-7-24-22(27)17-12-18(26)21-16(20(17)14-3-5-15(23)6-4-14)13-19(29-21)25-8-10-28-11-9-25;1-10(24)17-16(11-2-3-13(20)14(21)8-11)12-9-15(23-4-6-26-7-5-23)27-18(12)19(25)22-17;1-23-17-16-11(15-12(21)8-10(20)9-13(15)22)2-3-14(25)18(16)27-19(17)24-4-6-26-7-5-24;1-21-17-16-14(12-2-4-13(20)5-3-12)6-7-15(23)18(16)25-19(17)22-8-10-24-11-9-22;1-2-14-16-15(12-3-5-13(20)6-4-12)11-21-18(23)17(16)25-19(14)22-7-9-24-10-8-22/h3-6,13,17,20H,2,7-12H2,1H3,(H,24,27);2-3,8-9,16-17H,4-7H2,1H3,(H,22,25);8-9,11H,2-7H2;2-5,14H,6-11H2;2-6,15H,1,7-11H2,(H,21,23)/t17-,20-;16-,17+;;;/m11.../s1. The zero-order valence-electron chi connectivity index (χ0n) is 72.7. The van der Waals surface area contributed by atoms with Gasteiger partial charge in [-0.2, -0.15) is 0 Å². The van der Waals surface area contributed by atoms with Crippen molar-refractivity contribution in [2.45, 2.75) is 88.0 Å². The first kappa shape index (κ1) is 96.9. The summed E-state index contributed by atoms with van der Waals surface area (Å²) < 4.78 is 56.3. The highest BCUT2D eigenvalue weighted by Gasteiger charge is 2.45. The number of carbonyl (C=O) groups excluding carboxylic acids is 7. The number of fused-ring (bicyclic) bond motifs is 5. The minimum Gasteiger partial charge on any atom is -0.378 e. The average Bonchev–Trinajstić information content (AvgIpc) is 1.77. The number of amides is 3. The van der Waals surface area contributed by atoms with Crippen LogP contribution in [0, 0.1) is 30.7 Å². The Kier molecular flexibility index (Phi) is 32.0. The summed E-state index contributed by atoms with van der Waals surface area (Å²) in [6.45, 7) is 38.4. The number of rotatable bonds is 15. The maximum atomic E-state index is 14.6. The Hall–Kier alpha value is -9.19. The lowest BCUT2D eigenvalue weighted by Crippen LogP contribution is -2.48. The molecule has 22 nitrogen and oxygen atoms in total. The summed E-state index contributed by atoms with van der Waals surface area (Å²) in [6.07, 6.45) is 4.72. The van der Waals surface area contributed by atoms with Crippen LogP contribution >= 0.6 is 126 Å². The molecule has 7 aliphatic heterocycles. The molecule has 5 aromatic heterocycles. The maximum absolute atomic E-state index is 14.6. The molecule has 35 heteroatoms. The van der Waals surface area contributed by atoms with E-state index in [1.807, 2.05) is 103 Å². The van der Waals surface area contributed by atoms with Gasteiger partial charge in [-0.3, -0.25) is 33.6 Å². The van der Waals surface area contributed by atoms with Crippen molar-refractivity contribution in [3.63, 3.8) is 0 Å². The molecular weight excluding hydrogens is 1920 g/mol. The van der Waals surface area contributed by atoms with Crippen molar-refractivity contribution in [1.29, 1.82) is 0 Å². The third-order valence-electron chi connectivity index (χ3n) is 25.1. The number of thiophene rings is 5.